The predicted octanol–water partition coefficient (Wildman–Crippen LogP) is 2.39. The maximum Gasteiger partial charge on any atom is 0.279 e. The van der Waals surface area contributed by atoms with E-state index in [0.717, 1.165) is 28.6 Å². The number of para-hydroxylation sites is 2. The van der Waals surface area contributed by atoms with Gasteiger partial charge in [-0.2, -0.15) is 0 Å². The lowest BCUT2D eigenvalue weighted by atomic mass is 10.2. The van der Waals surface area contributed by atoms with Gasteiger partial charge in [0.05, 0.1) is 19.3 Å². The van der Waals surface area contributed by atoms with E-state index in [1.807, 2.05) is 48.5 Å². The number of nitrogens with one attached hydrogen (secondary N) is 2. The first-order valence-corrected chi connectivity index (χ1v) is 8.01. The zero-order valence-electron chi connectivity index (χ0n) is 13.4. The summed E-state index contributed by atoms with van der Waals surface area (Å²) in [6.45, 7) is 3.99. The number of anilines is 1. The van der Waals surface area contributed by atoms with E-state index in [1.54, 1.807) is 7.11 Å². The molecule has 0 heterocycles. The number of quaternary nitrogens is 1. The normalized spacial score (nSPS) is 11.8. The average molecular weight is 334 g/mol. The molecule has 0 spiro atoms. The molecule has 2 N–H and O–H groups in total. The van der Waals surface area contributed by atoms with E-state index in [1.165, 1.54) is 0 Å². The standard InChI is InChI=1S/C18H21ClN2O2/c1-3-21(12-14-8-4-5-9-15(14)19)13-18(22)20-16-10-6-7-11-17(16)23-2/h4-11H,3,12-13H2,1-2H3,(H,20,22)/p+1. The summed E-state index contributed by atoms with van der Waals surface area (Å²) >= 11 is 6.20. The van der Waals surface area contributed by atoms with E-state index in [9.17, 15) is 4.79 Å². The van der Waals surface area contributed by atoms with Gasteiger partial charge < -0.3 is 15.0 Å². The lowest BCUT2D eigenvalue weighted by Crippen LogP contribution is -3.11. The number of benzene rings is 2. The van der Waals surface area contributed by atoms with Gasteiger partial charge in [-0.05, 0) is 25.1 Å². The molecule has 2 aromatic rings. The van der Waals surface area contributed by atoms with Crippen LogP contribution in [-0.4, -0.2) is 26.1 Å². The maximum absolute atomic E-state index is 12.3. The Morgan fingerprint density at radius 2 is 1.87 bits per heavy atom. The number of hydrogen-bond donors (Lipinski definition) is 2. The van der Waals surface area contributed by atoms with Crippen molar-refractivity contribution in [3.63, 3.8) is 0 Å². The second kappa shape index (κ2) is 8.56. The van der Waals surface area contributed by atoms with Gasteiger partial charge in [-0.3, -0.25) is 4.79 Å². The number of methoxy groups -OCH3 is 1. The van der Waals surface area contributed by atoms with E-state index in [2.05, 4.69) is 12.2 Å². The van der Waals surface area contributed by atoms with Crippen LogP contribution in [0, 0.1) is 0 Å². The third-order valence-corrected chi connectivity index (χ3v) is 4.06. The monoisotopic (exact) mass is 333 g/mol. The van der Waals surface area contributed by atoms with Gasteiger partial charge in [0.2, 0.25) is 0 Å². The number of rotatable bonds is 7. The van der Waals surface area contributed by atoms with E-state index in [-0.39, 0.29) is 5.91 Å². The molecule has 0 saturated carbocycles. The first-order chi connectivity index (χ1) is 11.1. The van der Waals surface area contributed by atoms with Crippen LogP contribution in [0.1, 0.15) is 12.5 Å². The molecule has 0 bridgehead atoms. The van der Waals surface area contributed by atoms with Crippen molar-refractivity contribution >= 4 is 23.2 Å². The molecule has 0 aliphatic heterocycles. The summed E-state index contributed by atoms with van der Waals surface area (Å²) in [6.07, 6.45) is 0. The van der Waals surface area contributed by atoms with E-state index in [4.69, 9.17) is 16.3 Å². The van der Waals surface area contributed by atoms with E-state index >= 15 is 0 Å². The van der Waals surface area contributed by atoms with Crippen molar-refractivity contribution in [2.45, 2.75) is 13.5 Å². The third kappa shape index (κ3) is 4.98. The van der Waals surface area contributed by atoms with Gasteiger partial charge in [-0.1, -0.05) is 41.9 Å². The van der Waals surface area contributed by atoms with Gasteiger partial charge in [-0.15, -0.1) is 0 Å². The lowest BCUT2D eigenvalue weighted by molar-refractivity contribution is -0.903. The van der Waals surface area contributed by atoms with Gasteiger partial charge in [-0.25, -0.2) is 0 Å². The minimum Gasteiger partial charge on any atom is -0.495 e. The molecule has 0 saturated heterocycles. The minimum absolute atomic E-state index is 0.0431. The number of ether oxygens (including phenoxy) is 1. The summed E-state index contributed by atoms with van der Waals surface area (Å²) in [6, 6.07) is 15.1. The molecule has 5 heteroatoms. The fraction of sp³-hybridized carbons (Fsp3) is 0.278. The summed E-state index contributed by atoms with van der Waals surface area (Å²) in [7, 11) is 1.59. The van der Waals surface area contributed by atoms with Crippen LogP contribution in [0.2, 0.25) is 5.02 Å². The second-order valence-corrected chi connectivity index (χ2v) is 5.70. The summed E-state index contributed by atoms with van der Waals surface area (Å²) in [5.74, 6) is 0.614. The molecule has 0 aliphatic carbocycles. The Morgan fingerprint density at radius 1 is 1.17 bits per heavy atom. The highest BCUT2D eigenvalue weighted by Crippen LogP contribution is 2.22. The van der Waals surface area contributed by atoms with Gasteiger partial charge >= 0.3 is 0 Å². The summed E-state index contributed by atoms with van der Waals surface area (Å²) in [5.41, 5.74) is 1.74. The number of carbonyl (C=O) groups excluding carboxylic acids is 1. The Bertz CT molecular complexity index is 661. The van der Waals surface area contributed by atoms with Crippen LogP contribution < -0.4 is 15.0 Å². The predicted molar refractivity (Wildman–Crippen MR) is 93.2 cm³/mol. The van der Waals surface area contributed by atoms with Crippen molar-refractivity contribution in [2.75, 3.05) is 25.5 Å². The smallest absolute Gasteiger partial charge is 0.279 e. The molecule has 1 unspecified atom stereocenters. The molecule has 0 aromatic heterocycles. The van der Waals surface area contributed by atoms with Crippen molar-refractivity contribution in [1.82, 2.24) is 0 Å². The summed E-state index contributed by atoms with van der Waals surface area (Å²) in [4.78, 5) is 13.4. The number of hydrogen-bond acceptors (Lipinski definition) is 2. The van der Waals surface area contributed by atoms with Crippen LogP contribution in [0.15, 0.2) is 48.5 Å². The van der Waals surface area contributed by atoms with Gasteiger partial charge in [0.25, 0.3) is 5.91 Å². The Hall–Kier alpha value is -2.04. The molecular formula is C18H22ClN2O2+. The molecule has 1 amide bonds. The number of likely N-dealkylation sites (N-methyl/N-ethyl adjacent to an activating group) is 1. The fourth-order valence-electron chi connectivity index (χ4n) is 2.39. The molecule has 23 heavy (non-hydrogen) atoms. The van der Waals surface area contributed by atoms with Crippen molar-refractivity contribution in [3.8, 4) is 5.75 Å². The number of amides is 1. The van der Waals surface area contributed by atoms with Crippen LogP contribution in [0.3, 0.4) is 0 Å². The minimum atomic E-state index is -0.0431. The van der Waals surface area contributed by atoms with Crippen LogP contribution in [0.4, 0.5) is 5.69 Å². The second-order valence-electron chi connectivity index (χ2n) is 5.30. The van der Waals surface area contributed by atoms with Crippen molar-refractivity contribution in [2.24, 2.45) is 0 Å². The Kier molecular flexibility index (Phi) is 6.44. The maximum atomic E-state index is 12.3. The fourth-order valence-corrected chi connectivity index (χ4v) is 2.60. The molecule has 4 nitrogen and oxygen atoms in total. The Labute approximate surface area is 142 Å². The number of halogens is 1. The van der Waals surface area contributed by atoms with Crippen molar-refractivity contribution < 1.29 is 14.4 Å². The number of carbonyl (C=O) groups is 1. The van der Waals surface area contributed by atoms with E-state index in [0.29, 0.717) is 18.0 Å². The highest BCUT2D eigenvalue weighted by atomic mass is 35.5. The van der Waals surface area contributed by atoms with Crippen LogP contribution in [0.5, 0.6) is 5.75 Å². The first-order valence-electron chi connectivity index (χ1n) is 7.64. The molecule has 122 valence electrons. The molecule has 2 rings (SSSR count). The molecule has 0 aliphatic rings. The molecular weight excluding hydrogens is 312 g/mol. The molecule has 0 fully saturated rings. The molecule has 0 radical (unpaired) electrons. The largest absolute Gasteiger partial charge is 0.495 e. The zero-order chi connectivity index (χ0) is 16.7. The first kappa shape index (κ1) is 17.3. The molecule has 2 aromatic carbocycles. The van der Waals surface area contributed by atoms with Crippen molar-refractivity contribution in [3.05, 3.63) is 59.1 Å². The van der Waals surface area contributed by atoms with Crippen LogP contribution >= 0.6 is 11.6 Å². The Balaban J connectivity index is 1.98. The topological polar surface area (TPSA) is 42.8 Å². The third-order valence-electron chi connectivity index (χ3n) is 3.69. The van der Waals surface area contributed by atoms with Crippen LogP contribution in [0.25, 0.3) is 0 Å². The average Bonchev–Trinajstić information content (AvgIpc) is 2.56. The van der Waals surface area contributed by atoms with Crippen molar-refractivity contribution in [1.29, 1.82) is 0 Å². The van der Waals surface area contributed by atoms with Gasteiger partial charge in [0, 0.05) is 10.6 Å². The SMILES string of the molecule is CC[NH+](CC(=O)Nc1ccccc1OC)Cc1ccccc1Cl. The quantitative estimate of drug-likeness (QED) is 0.817. The summed E-state index contributed by atoms with van der Waals surface area (Å²) < 4.78 is 5.25. The molecule has 1 atom stereocenters. The highest BCUT2D eigenvalue weighted by Gasteiger charge is 2.15. The van der Waals surface area contributed by atoms with Crippen LogP contribution in [-0.2, 0) is 11.3 Å². The highest BCUT2D eigenvalue weighted by molar-refractivity contribution is 6.31. The zero-order valence-corrected chi connectivity index (χ0v) is 14.2. The Morgan fingerprint density at radius 3 is 2.57 bits per heavy atom. The summed E-state index contributed by atoms with van der Waals surface area (Å²) in [5, 5.41) is 3.65. The van der Waals surface area contributed by atoms with Gasteiger partial charge in [0.15, 0.2) is 6.54 Å². The van der Waals surface area contributed by atoms with Gasteiger partial charge in [0.1, 0.15) is 12.3 Å². The lowest BCUT2D eigenvalue weighted by Gasteiger charge is -2.18. The van der Waals surface area contributed by atoms with E-state index < -0.39 is 0 Å².